The molecule has 7 nitrogen and oxygen atoms in total. The Kier molecular flexibility index (Phi) is 8.28. The van der Waals surface area contributed by atoms with Gasteiger partial charge in [-0.2, -0.15) is 0 Å². The van der Waals surface area contributed by atoms with Crippen LogP contribution >= 0.6 is 11.3 Å². The predicted molar refractivity (Wildman–Crippen MR) is 117 cm³/mol. The summed E-state index contributed by atoms with van der Waals surface area (Å²) < 4.78 is 16.2. The topological polar surface area (TPSA) is 64.1 Å². The fourth-order valence-electron chi connectivity index (χ4n) is 3.03. The van der Waals surface area contributed by atoms with Crippen molar-refractivity contribution in [3.63, 3.8) is 0 Å². The molecule has 0 saturated carbocycles. The molecule has 0 radical (unpaired) electrons. The highest BCUT2D eigenvalue weighted by Gasteiger charge is 2.22. The van der Waals surface area contributed by atoms with E-state index in [1.807, 2.05) is 26.1 Å². The van der Waals surface area contributed by atoms with Crippen molar-refractivity contribution in [3.8, 4) is 27.8 Å². The summed E-state index contributed by atoms with van der Waals surface area (Å²) >= 11 is 1.38. The van der Waals surface area contributed by atoms with Gasteiger partial charge in [-0.15, -0.1) is 11.3 Å². The second kappa shape index (κ2) is 10.5. The van der Waals surface area contributed by atoms with E-state index in [1.54, 1.807) is 26.2 Å². The zero-order chi connectivity index (χ0) is 21.6. The Hall–Kier alpha value is -2.32. The van der Waals surface area contributed by atoms with Gasteiger partial charge in [0.05, 0.1) is 27.0 Å². The highest BCUT2D eigenvalue weighted by atomic mass is 32.1. The number of aryl methyl sites for hydroxylation is 1. The van der Waals surface area contributed by atoms with E-state index in [0.29, 0.717) is 28.7 Å². The first kappa shape index (κ1) is 23.0. The maximum absolute atomic E-state index is 13.0. The van der Waals surface area contributed by atoms with E-state index in [1.165, 1.54) is 11.3 Å². The lowest BCUT2D eigenvalue weighted by Crippen LogP contribution is -2.36. The summed E-state index contributed by atoms with van der Waals surface area (Å²) in [5, 5.41) is 0.738. The predicted octanol–water partition coefficient (Wildman–Crippen LogP) is 3.56. The third-order valence-corrected chi connectivity index (χ3v) is 6.09. The summed E-state index contributed by atoms with van der Waals surface area (Å²) in [6.45, 7) is 9.60. The van der Waals surface area contributed by atoms with Gasteiger partial charge in [0.1, 0.15) is 9.88 Å². The van der Waals surface area contributed by atoms with Crippen molar-refractivity contribution < 1.29 is 19.0 Å². The summed E-state index contributed by atoms with van der Waals surface area (Å²) in [4.78, 5) is 22.3. The molecule has 0 saturated heterocycles. The molecule has 0 spiro atoms. The van der Waals surface area contributed by atoms with E-state index >= 15 is 0 Å². The first-order valence-electron chi connectivity index (χ1n) is 9.65. The molecule has 1 aromatic heterocycles. The van der Waals surface area contributed by atoms with Crippen LogP contribution in [0, 0.1) is 6.92 Å². The first-order valence-corrected chi connectivity index (χ1v) is 10.5. The average Bonchev–Trinajstić information content (AvgIpc) is 3.13. The Morgan fingerprint density at radius 1 is 1.03 bits per heavy atom. The molecule has 1 amide bonds. The van der Waals surface area contributed by atoms with Crippen molar-refractivity contribution in [2.24, 2.45) is 0 Å². The number of nitrogens with zero attached hydrogens (tertiary/aromatic N) is 3. The van der Waals surface area contributed by atoms with Crippen molar-refractivity contribution in [2.75, 3.05) is 54.6 Å². The highest BCUT2D eigenvalue weighted by Crippen LogP contribution is 2.42. The molecule has 0 atom stereocenters. The molecule has 0 unspecified atom stereocenters. The molecule has 29 heavy (non-hydrogen) atoms. The van der Waals surface area contributed by atoms with Gasteiger partial charge in [-0.1, -0.05) is 13.8 Å². The molecule has 0 N–H and O–H groups in total. The zero-order valence-electron chi connectivity index (χ0n) is 18.4. The van der Waals surface area contributed by atoms with Gasteiger partial charge < -0.3 is 24.0 Å². The van der Waals surface area contributed by atoms with Crippen molar-refractivity contribution in [3.05, 3.63) is 22.7 Å². The van der Waals surface area contributed by atoms with Crippen LogP contribution in [-0.4, -0.2) is 75.2 Å². The minimum absolute atomic E-state index is 0.00847. The second-order valence-electron chi connectivity index (χ2n) is 6.60. The van der Waals surface area contributed by atoms with Crippen LogP contribution in [0.15, 0.2) is 12.1 Å². The maximum Gasteiger partial charge on any atom is 0.265 e. The number of hydrogen-bond donors (Lipinski definition) is 0. The molecule has 0 aliphatic heterocycles. The van der Waals surface area contributed by atoms with E-state index < -0.39 is 0 Å². The van der Waals surface area contributed by atoms with Gasteiger partial charge in [0.2, 0.25) is 5.75 Å². The molecular formula is C21H31N3O4S. The third-order valence-electron chi connectivity index (χ3n) is 4.90. The molecule has 160 valence electrons. The standard InChI is InChI=1S/C21H31N3O4S/c1-8-24(9-2)11-10-23(4)21(25)19-14(3)22-20(29-19)15-12-16(26-5)18(28-7)17(13-15)27-6/h12-13H,8-11H2,1-7H3. The van der Waals surface area contributed by atoms with Crippen molar-refractivity contribution in [1.29, 1.82) is 0 Å². The molecule has 0 aliphatic carbocycles. The molecule has 0 bridgehead atoms. The largest absolute Gasteiger partial charge is 0.493 e. The number of carbonyl (C=O) groups is 1. The molecular weight excluding hydrogens is 390 g/mol. The van der Waals surface area contributed by atoms with Gasteiger partial charge >= 0.3 is 0 Å². The van der Waals surface area contributed by atoms with Crippen LogP contribution in [0.2, 0.25) is 0 Å². The molecule has 1 aromatic carbocycles. The van der Waals surface area contributed by atoms with Gasteiger partial charge in [0.25, 0.3) is 5.91 Å². The quantitative estimate of drug-likeness (QED) is 0.585. The van der Waals surface area contributed by atoms with Crippen LogP contribution in [0.25, 0.3) is 10.6 Å². The summed E-state index contributed by atoms with van der Waals surface area (Å²) in [5.41, 5.74) is 1.54. The van der Waals surface area contributed by atoms with Gasteiger partial charge in [-0.25, -0.2) is 4.98 Å². The Morgan fingerprint density at radius 3 is 2.10 bits per heavy atom. The SMILES string of the molecule is CCN(CC)CCN(C)C(=O)c1sc(-c2cc(OC)c(OC)c(OC)c2)nc1C. The van der Waals surface area contributed by atoms with Gasteiger partial charge in [-0.05, 0) is 32.1 Å². The normalized spacial score (nSPS) is 10.9. The number of aromatic nitrogens is 1. The molecule has 0 aliphatic rings. The average molecular weight is 422 g/mol. The number of likely N-dealkylation sites (N-methyl/N-ethyl adjacent to an activating group) is 2. The van der Waals surface area contributed by atoms with Crippen LogP contribution in [-0.2, 0) is 0 Å². The lowest BCUT2D eigenvalue weighted by atomic mass is 10.2. The van der Waals surface area contributed by atoms with Crippen molar-refractivity contribution in [1.82, 2.24) is 14.8 Å². The molecule has 2 aromatic rings. The fourth-order valence-corrected chi connectivity index (χ4v) is 4.08. The third kappa shape index (κ3) is 5.19. The Bertz CT molecular complexity index is 808. The smallest absolute Gasteiger partial charge is 0.265 e. The fraction of sp³-hybridized carbons (Fsp3) is 0.524. The number of methoxy groups -OCH3 is 3. The number of hydrogen-bond acceptors (Lipinski definition) is 7. The van der Waals surface area contributed by atoms with Crippen LogP contribution in [0.5, 0.6) is 17.2 Å². The molecule has 0 fully saturated rings. The van der Waals surface area contributed by atoms with Crippen molar-refractivity contribution in [2.45, 2.75) is 20.8 Å². The summed E-state index contributed by atoms with van der Waals surface area (Å²) in [6.07, 6.45) is 0. The minimum Gasteiger partial charge on any atom is -0.493 e. The minimum atomic E-state index is -0.00847. The number of thiazole rings is 1. The van der Waals surface area contributed by atoms with Crippen LogP contribution in [0.4, 0.5) is 0 Å². The zero-order valence-corrected chi connectivity index (χ0v) is 19.2. The number of rotatable bonds is 10. The van der Waals surface area contributed by atoms with E-state index in [2.05, 4.69) is 23.7 Å². The number of amides is 1. The van der Waals surface area contributed by atoms with E-state index in [-0.39, 0.29) is 5.91 Å². The number of ether oxygens (including phenoxy) is 3. The molecule has 2 rings (SSSR count). The van der Waals surface area contributed by atoms with E-state index in [9.17, 15) is 4.79 Å². The molecule has 8 heteroatoms. The van der Waals surface area contributed by atoms with Gasteiger partial charge in [0.15, 0.2) is 11.5 Å². The monoisotopic (exact) mass is 421 g/mol. The lowest BCUT2D eigenvalue weighted by Gasteiger charge is -2.22. The molecule has 1 heterocycles. The Labute approximate surface area is 177 Å². The van der Waals surface area contributed by atoms with Crippen LogP contribution in [0.3, 0.4) is 0 Å². The maximum atomic E-state index is 13.0. The summed E-state index contributed by atoms with van der Waals surface area (Å²) in [7, 11) is 6.56. The number of benzene rings is 1. The van der Waals surface area contributed by atoms with Crippen LogP contribution in [0.1, 0.15) is 29.2 Å². The Morgan fingerprint density at radius 2 is 1.62 bits per heavy atom. The lowest BCUT2D eigenvalue weighted by molar-refractivity contribution is 0.0783. The Balaban J connectivity index is 2.29. The highest BCUT2D eigenvalue weighted by molar-refractivity contribution is 7.17. The van der Waals surface area contributed by atoms with E-state index in [4.69, 9.17) is 14.2 Å². The summed E-state index contributed by atoms with van der Waals surface area (Å²) in [6, 6.07) is 3.69. The second-order valence-corrected chi connectivity index (χ2v) is 7.60. The number of carbonyl (C=O) groups excluding carboxylic acids is 1. The van der Waals surface area contributed by atoms with Gasteiger partial charge in [0, 0.05) is 25.7 Å². The summed E-state index contributed by atoms with van der Waals surface area (Å²) in [5.74, 6) is 1.63. The first-order chi connectivity index (χ1) is 13.9. The van der Waals surface area contributed by atoms with E-state index in [0.717, 1.165) is 35.9 Å². The van der Waals surface area contributed by atoms with Crippen molar-refractivity contribution >= 4 is 17.2 Å². The van der Waals surface area contributed by atoms with Crippen LogP contribution < -0.4 is 14.2 Å². The van der Waals surface area contributed by atoms with Gasteiger partial charge in [-0.3, -0.25) is 4.79 Å².